The predicted octanol–water partition coefficient (Wildman–Crippen LogP) is 5.23. The first-order valence-electron chi connectivity index (χ1n) is 6.91. The van der Waals surface area contributed by atoms with Gasteiger partial charge < -0.3 is 8.98 Å². The van der Waals surface area contributed by atoms with E-state index in [4.69, 9.17) is 16.6 Å². The number of hydrogen-bond donors (Lipinski definition) is 0. The molecule has 23 heavy (non-hydrogen) atoms. The molecule has 0 aliphatic carbocycles. The SMILES string of the molecule is S=c1sc2ccccc2n1CSc1nnc(-c2ccccc2)o1. The second-order valence-corrected chi connectivity index (χ2v) is 7.35. The van der Waals surface area contributed by atoms with Gasteiger partial charge in [0, 0.05) is 5.56 Å². The molecule has 4 nitrogen and oxygen atoms in total. The maximum absolute atomic E-state index is 5.72. The third-order valence-electron chi connectivity index (χ3n) is 3.32. The Bertz CT molecular complexity index is 1000. The minimum atomic E-state index is 0.534. The number of para-hydroxylation sites is 1. The minimum Gasteiger partial charge on any atom is -0.411 e. The maximum atomic E-state index is 5.72. The van der Waals surface area contributed by atoms with Gasteiger partial charge in [0.15, 0.2) is 3.95 Å². The molecule has 7 heteroatoms. The predicted molar refractivity (Wildman–Crippen MR) is 96.2 cm³/mol. The highest BCUT2D eigenvalue weighted by Crippen LogP contribution is 2.28. The maximum Gasteiger partial charge on any atom is 0.278 e. The van der Waals surface area contributed by atoms with Crippen molar-refractivity contribution in [3.8, 4) is 11.5 Å². The lowest BCUT2D eigenvalue weighted by molar-refractivity contribution is 0.465. The summed E-state index contributed by atoms with van der Waals surface area (Å²) in [6.45, 7) is 0. The number of thioether (sulfide) groups is 1. The molecule has 0 spiro atoms. The summed E-state index contributed by atoms with van der Waals surface area (Å²) in [5, 5.41) is 8.75. The van der Waals surface area contributed by atoms with Gasteiger partial charge in [0.05, 0.1) is 16.1 Å². The second-order valence-electron chi connectivity index (χ2n) is 4.78. The number of fused-ring (bicyclic) bond motifs is 1. The molecule has 2 heterocycles. The Morgan fingerprint density at radius 1 is 1.04 bits per heavy atom. The molecule has 0 radical (unpaired) electrons. The summed E-state index contributed by atoms with van der Waals surface area (Å²) in [6, 6.07) is 17.9. The summed E-state index contributed by atoms with van der Waals surface area (Å²) in [6.07, 6.45) is 0. The lowest BCUT2D eigenvalue weighted by Crippen LogP contribution is -1.93. The van der Waals surface area contributed by atoms with Crippen LogP contribution in [0.3, 0.4) is 0 Å². The normalized spacial score (nSPS) is 11.1. The summed E-state index contributed by atoms with van der Waals surface area (Å²) >= 11 is 8.55. The molecular formula is C16H11N3OS3. The molecule has 0 aliphatic heterocycles. The van der Waals surface area contributed by atoms with E-state index in [1.165, 1.54) is 16.5 Å². The molecule has 0 amide bonds. The van der Waals surface area contributed by atoms with E-state index >= 15 is 0 Å². The van der Waals surface area contributed by atoms with E-state index in [0.29, 0.717) is 17.0 Å². The topological polar surface area (TPSA) is 43.9 Å². The Labute approximate surface area is 145 Å². The van der Waals surface area contributed by atoms with Crippen LogP contribution in [0.4, 0.5) is 0 Å². The smallest absolute Gasteiger partial charge is 0.278 e. The van der Waals surface area contributed by atoms with Gasteiger partial charge in [0.2, 0.25) is 5.89 Å². The van der Waals surface area contributed by atoms with Crippen LogP contribution in [0, 0.1) is 3.95 Å². The standard InChI is InChI=1S/C16H11N3OS3/c21-16-19(12-8-4-5-9-13(12)23-16)10-22-15-18-17-14(20-15)11-6-2-1-3-7-11/h1-9H,10H2. The quantitative estimate of drug-likeness (QED) is 0.369. The van der Waals surface area contributed by atoms with Gasteiger partial charge in [0.1, 0.15) is 0 Å². The van der Waals surface area contributed by atoms with Gasteiger partial charge in [-0.2, -0.15) is 0 Å². The van der Waals surface area contributed by atoms with Crippen molar-refractivity contribution >= 4 is 45.5 Å². The zero-order valence-electron chi connectivity index (χ0n) is 11.9. The van der Waals surface area contributed by atoms with E-state index in [1.54, 1.807) is 11.3 Å². The van der Waals surface area contributed by atoms with Gasteiger partial charge in [-0.25, -0.2) is 0 Å². The Balaban J connectivity index is 1.56. The van der Waals surface area contributed by atoms with Crippen molar-refractivity contribution in [3.63, 3.8) is 0 Å². The summed E-state index contributed by atoms with van der Waals surface area (Å²) in [5.41, 5.74) is 2.06. The van der Waals surface area contributed by atoms with E-state index in [0.717, 1.165) is 15.0 Å². The number of benzene rings is 2. The fourth-order valence-corrected chi connectivity index (χ4v) is 4.45. The zero-order valence-corrected chi connectivity index (χ0v) is 14.3. The molecule has 0 saturated heterocycles. The van der Waals surface area contributed by atoms with Crippen LogP contribution in [0.5, 0.6) is 0 Å². The van der Waals surface area contributed by atoms with E-state index in [1.807, 2.05) is 42.5 Å². The number of rotatable bonds is 4. The van der Waals surface area contributed by atoms with E-state index in [-0.39, 0.29) is 0 Å². The zero-order chi connectivity index (χ0) is 15.6. The fraction of sp³-hybridized carbons (Fsp3) is 0.0625. The molecule has 0 saturated carbocycles. The van der Waals surface area contributed by atoms with Gasteiger partial charge >= 0.3 is 0 Å². The van der Waals surface area contributed by atoms with Crippen LogP contribution in [0.1, 0.15) is 0 Å². The Morgan fingerprint density at radius 3 is 2.70 bits per heavy atom. The largest absolute Gasteiger partial charge is 0.411 e. The van der Waals surface area contributed by atoms with Crippen molar-refractivity contribution in [1.82, 2.24) is 14.8 Å². The van der Waals surface area contributed by atoms with Gasteiger partial charge in [-0.15, -0.1) is 21.5 Å². The molecule has 0 N–H and O–H groups in total. The first-order chi connectivity index (χ1) is 11.3. The van der Waals surface area contributed by atoms with Gasteiger partial charge in [-0.05, 0) is 48.2 Å². The average Bonchev–Trinajstić information content (AvgIpc) is 3.18. The number of aromatic nitrogens is 3. The first-order valence-corrected chi connectivity index (χ1v) is 9.12. The molecule has 2 aromatic carbocycles. The highest BCUT2D eigenvalue weighted by atomic mass is 32.2. The van der Waals surface area contributed by atoms with Crippen LogP contribution in [-0.4, -0.2) is 14.8 Å². The summed E-state index contributed by atoms with van der Waals surface area (Å²) in [4.78, 5) is 0. The molecule has 0 fully saturated rings. The molecule has 0 atom stereocenters. The van der Waals surface area contributed by atoms with Crippen molar-refractivity contribution in [3.05, 3.63) is 58.6 Å². The average molecular weight is 357 g/mol. The van der Waals surface area contributed by atoms with Crippen molar-refractivity contribution in [2.24, 2.45) is 0 Å². The van der Waals surface area contributed by atoms with E-state index < -0.39 is 0 Å². The van der Waals surface area contributed by atoms with Crippen LogP contribution in [0.2, 0.25) is 0 Å². The van der Waals surface area contributed by atoms with Crippen LogP contribution >= 0.6 is 35.3 Å². The molecule has 0 unspecified atom stereocenters. The monoisotopic (exact) mass is 357 g/mol. The van der Waals surface area contributed by atoms with Crippen molar-refractivity contribution < 1.29 is 4.42 Å². The summed E-state index contributed by atoms with van der Waals surface area (Å²) < 4.78 is 9.84. The fourth-order valence-electron chi connectivity index (χ4n) is 2.22. The number of nitrogens with zero attached hydrogens (tertiary/aromatic N) is 3. The molecule has 0 bridgehead atoms. The van der Waals surface area contributed by atoms with Gasteiger partial charge in [-0.3, -0.25) is 0 Å². The molecule has 0 aliphatic rings. The molecule has 114 valence electrons. The molecule has 4 rings (SSSR count). The van der Waals surface area contributed by atoms with Crippen LogP contribution < -0.4 is 0 Å². The lowest BCUT2D eigenvalue weighted by atomic mass is 10.2. The minimum absolute atomic E-state index is 0.534. The summed E-state index contributed by atoms with van der Waals surface area (Å²) in [5.74, 6) is 1.19. The highest BCUT2D eigenvalue weighted by Gasteiger charge is 2.10. The first kappa shape index (κ1) is 14.6. The second kappa shape index (κ2) is 6.27. The Hall–Kier alpha value is -1.96. The van der Waals surface area contributed by atoms with Crippen LogP contribution in [0.25, 0.3) is 21.7 Å². The number of hydrogen-bond acceptors (Lipinski definition) is 6. The molecule has 4 aromatic rings. The van der Waals surface area contributed by atoms with Crippen LogP contribution in [0.15, 0.2) is 64.2 Å². The van der Waals surface area contributed by atoms with Gasteiger partial charge in [0.25, 0.3) is 5.22 Å². The highest BCUT2D eigenvalue weighted by molar-refractivity contribution is 7.98. The van der Waals surface area contributed by atoms with Crippen LogP contribution in [-0.2, 0) is 5.88 Å². The van der Waals surface area contributed by atoms with Crippen molar-refractivity contribution in [2.45, 2.75) is 11.1 Å². The van der Waals surface area contributed by atoms with Crippen molar-refractivity contribution in [2.75, 3.05) is 0 Å². The lowest BCUT2D eigenvalue weighted by Gasteiger charge is -2.01. The number of thiazole rings is 1. The van der Waals surface area contributed by atoms with E-state index in [2.05, 4.69) is 26.9 Å². The molecule has 2 aromatic heterocycles. The Morgan fingerprint density at radius 2 is 1.83 bits per heavy atom. The van der Waals surface area contributed by atoms with Crippen molar-refractivity contribution in [1.29, 1.82) is 0 Å². The third-order valence-corrected chi connectivity index (χ3v) is 5.55. The Kier molecular flexibility index (Phi) is 3.99. The van der Waals surface area contributed by atoms with E-state index in [9.17, 15) is 0 Å². The van der Waals surface area contributed by atoms with Gasteiger partial charge in [-0.1, -0.05) is 30.3 Å². The summed E-state index contributed by atoms with van der Waals surface area (Å²) in [7, 11) is 0. The third kappa shape index (κ3) is 2.95. The molecular weight excluding hydrogens is 346 g/mol.